The van der Waals surface area contributed by atoms with E-state index >= 15 is 0 Å². The molecule has 0 heterocycles. The summed E-state index contributed by atoms with van der Waals surface area (Å²) in [4.78, 5) is 10.7. The number of ether oxygens (including phenoxy) is 1. The molecule has 0 aliphatic carbocycles. The maximum atomic E-state index is 10.7. The van der Waals surface area contributed by atoms with Crippen molar-refractivity contribution in [1.29, 1.82) is 0 Å². The van der Waals surface area contributed by atoms with Crippen LogP contribution >= 0.6 is 12.8 Å². The summed E-state index contributed by atoms with van der Waals surface area (Å²) in [6, 6.07) is 7.19. The third-order valence-corrected chi connectivity index (χ3v) is 2.22. The van der Waals surface area contributed by atoms with Crippen LogP contribution in [-0.4, -0.2) is 32.5 Å². The molecule has 0 amide bonds. The van der Waals surface area contributed by atoms with Crippen molar-refractivity contribution in [2.75, 3.05) is 26.2 Å². The molecular formula is C11H16N2O2S. The van der Waals surface area contributed by atoms with Crippen molar-refractivity contribution < 1.29 is 9.53 Å². The molecule has 0 aliphatic rings. The minimum Gasteiger partial charge on any atom is -0.492 e. The zero-order valence-corrected chi connectivity index (χ0v) is 9.87. The van der Waals surface area contributed by atoms with Gasteiger partial charge < -0.3 is 10.1 Å². The van der Waals surface area contributed by atoms with Crippen LogP contribution in [0.4, 0.5) is 0 Å². The second kappa shape index (κ2) is 8.15. The number of thiol groups is 1. The molecule has 2 N–H and O–H groups in total. The number of hydrogen-bond acceptors (Lipinski definition) is 5. The van der Waals surface area contributed by atoms with E-state index in [9.17, 15) is 4.79 Å². The third kappa shape index (κ3) is 4.65. The zero-order valence-electron chi connectivity index (χ0n) is 8.98. The summed E-state index contributed by atoms with van der Waals surface area (Å²) in [7, 11) is 0. The Bertz CT molecular complexity index is 321. The Labute approximate surface area is 101 Å². The van der Waals surface area contributed by atoms with Crippen LogP contribution in [0.5, 0.6) is 5.75 Å². The molecule has 0 aliphatic heterocycles. The van der Waals surface area contributed by atoms with Crippen LogP contribution in [0.2, 0.25) is 0 Å². The van der Waals surface area contributed by atoms with Crippen molar-refractivity contribution in [2.45, 2.75) is 0 Å². The number of aldehydes is 1. The Balaban J connectivity index is 2.23. The summed E-state index contributed by atoms with van der Waals surface area (Å²) in [5.74, 6) is 0.631. The first-order valence-electron chi connectivity index (χ1n) is 5.13. The Hall–Kier alpha value is -1.04. The van der Waals surface area contributed by atoms with Crippen molar-refractivity contribution in [1.82, 2.24) is 10.0 Å². The first-order valence-corrected chi connectivity index (χ1v) is 5.58. The summed E-state index contributed by atoms with van der Waals surface area (Å²) >= 11 is 3.87. The van der Waals surface area contributed by atoms with Crippen LogP contribution in [0.1, 0.15) is 10.4 Å². The molecule has 1 aromatic rings. The van der Waals surface area contributed by atoms with Gasteiger partial charge >= 0.3 is 0 Å². The predicted molar refractivity (Wildman–Crippen MR) is 67.2 cm³/mol. The third-order valence-electron chi connectivity index (χ3n) is 2.00. The molecule has 16 heavy (non-hydrogen) atoms. The number of benzene rings is 1. The number of para-hydroxylation sites is 1. The zero-order chi connectivity index (χ0) is 11.6. The maximum Gasteiger partial charge on any atom is 0.153 e. The summed E-state index contributed by atoms with van der Waals surface area (Å²) in [6.07, 6.45) is 0.799. The summed E-state index contributed by atoms with van der Waals surface area (Å²) in [5.41, 5.74) is 0.583. The average molecular weight is 240 g/mol. The van der Waals surface area contributed by atoms with Crippen molar-refractivity contribution >= 4 is 19.1 Å². The molecule has 0 fully saturated rings. The molecule has 0 saturated heterocycles. The van der Waals surface area contributed by atoms with Gasteiger partial charge in [0.15, 0.2) is 6.29 Å². The van der Waals surface area contributed by atoms with Crippen molar-refractivity contribution in [3.63, 3.8) is 0 Å². The Kier molecular flexibility index (Phi) is 6.64. The fourth-order valence-electron chi connectivity index (χ4n) is 1.21. The standard InChI is InChI=1S/C11H16N2O2S/c14-9-10-3-1-2-4-11(10)15-8-7-12-5-6-13-16/h1-4,9,12-13,16H,5-8H2. The molecule has 1 rings (SSSR count). The molecule has 88 valence electrons. The fraction of sp³-hybridized carbons (Fsp3) is 0.364. The molecule has 0 unspecified atom stereocenters. The summed E-state index contributed by atoms with van der Waals surface area (Å²) in [5, 5.41) is 3.17. The largest absolute Gasteiger partial charge is 0.492 e. The highest BCUT2D eigenvalue weighted by molar-refractivity contribution is 7.78. The topological polar surface area (TPSA) is 50.4 Å². The molecule has 5 heteroatoms. The van der Waals surface area contributed by atoms with Gasteiger partial charge in [0.05, 0.1) is 5.56 Å². The molecule has 0 saturated carbocycles. The van der Waals surface area contributed by atoms with Crippen LogP contribution < -0.4 is 14.8 Å². The highest BCUT2D eigenvalue weighted by Gasteiger charge is 2.00. The smallest absolute Gasteiger partial charge is 0.153 e. The Morgan fingerprint density at radius 3 is 2.81 bits per heavy atom. The lowest BCUT2D eigenvalue weighted by molar-refractivity contribution is 0.111. The first kappa shape index (κ1) is 13.0. The molecule has 0 spiro atoms. The van der Waals surface area contributed by atoms with Gasteiger partial charge in [-0.1, -0.05) is 24.9 Å². The van der Waals surface area contributed by atoms with Crippen LogP contribution in [-0.2, 0) is 0 Å². The van der Waals surface area contributed by atoms with Crippen LogP contribution in [0.3, 0.4) is 0 Å². The summed E-state index contributed by atoms with van der Waals surface area (Å²) < 4.78 is 8.21. The normalized spacial score (nSPS) is 10.1. The Morgan fingerprint density at radius 1 is 1.25 bits per heavy atom. The van der Waals surface area contributed by atoms with E-state index < -0.39 is 0 Å². The molecule has 0 atom stereocenters. The first-order chi connectivity index (χ1) is 7.88. The second-order valence-electron chi connectivity index (χ2n) is 3.16. The highest BCUT2D eigenvalue weighted by atomic mass is 32.1. The van der Waals surface area contributed by atoms with E-state index in [1.807, 2.05) is 12.1 Å². The van der Waals surface area contributed by atoms with Gasteiger partial charge in [0.1, 0.15) is 12.4 Å². The molecule has 0 aromatic heterocycles. The maximum absolute atomic E-state index is 10.7. The van der Waals surface area contributed by atoms with E-state index in [4.69, 9.17) is 4.74 Å². The van der Waals surface area contributed by atoms with Crippen molar-refractivity contribution in [3.05, 3.63) is 29.8 Å². The number of nitrogens with one attached hydrogen (secondary N) is 2. The van der Waals surface area contributed by atoms with Gasteiger partial charge in [-0.25, -0.2) is 0 Å². The molecule has 0 radical (unpaired) electrons. The second-order valence-corrected chi connectivity index (χ2v) is 3.48. The molecule has 0 bridgehead atoms. The predicted octanol–water partition coefficient (Wildman–Crippen LogP) is 0.902. The number of carbonyl (C=O) groups is 1. The van der Waals surface area contributed by atoms with Crippen LogP contribution in [0.15, 0.2) is 24.3 Å². The highest BCUT2D eigenvalue weighted by Crippen LogP contribution is 2.14. The van der Waals surface area contributed by atoms with Gasteiger partial charge in [0.2, 0.25) is 0 Å². The van der Waals surface area contributed by atoms with Gasteiger partial charge in [-0.05, 0) is 12.1 Å². The average Bonchev–Trinajstić information content (AvgIpc) is 2.34. The minimum atomic E-state index is 0.539. The van der Waals surface area contributed by atoms with Crippen molar-refractivity contribution in [3.8, 4) is 5.75 Å². The van der Waals surface area contributed by atoms with Crippen LogP contribution in [0, 0.1) is 0 Å². The van der Waals surface area contributed by atoms with E-state index in [0.29, 0.717) is 17.9 Å². The Morgan fingerprint density at radius 2 is 2.06 bits per heavy atom. The van der Waals surface area contributed by atoms with Gasteiger partial charge in [0.25, 0.3) is 0 Å². The van der Waals surface area contributed by atoms with E-state index in [2.05, 4.69) is 22.9 Å². The fourth-order valence-corrected chi connectivity index (χ4v) is 1.32. The lowest BCUT2D eigenvalue weighted by atomic mass is 10.2. The van der Waals surface area contributed by atoms with Gasteiger partial charge in [0, 0.05) is 19.6 Å². The van der Waals surface area contributed by atoms with Gasteiger partial charge in [-0.3, -0.25) is 9.52 Å². The van der Waals surface area contributed by atoms with Crippen LogP contribution in [0.25, 0.3) is 0 Å². The molecule has 4 nitrogen and oxygen atoms in total. The lowest BCUT2D eigenvalue weighted by Gasteiger charge is -2.08. The van der Waals surface area contributed by atoms with Gasteiger partial charge in [-0.2, -0.15) is 0 Å². The van der Waals surface area contributed by atoms with E-state index in [0.717, 1.165) is 25.9 Å². The minimum absolute atomic E-state index is 0.539. The quantitative estimate of drug-likeness (QED) is 0.359. The monoisotopic (exact) mass is 240 g/mol. The SMILES string of the molecule is O=Cc1ccccc1OCCNCCNS. The van der Waals surface area contributed by atoms with E-state index in [-0.39, 0.29) is 0 Å². The van der Waals surface area contributed by atoms with Gasteiger partial charge in [-0.15, -0.1) is 0 Å². The van der Waals surface area contributed by atoms with E-state index in [1.54, 1.807) is 12.1 Å². The van der Waals surface area contributed by atoms with E-state index in [1.165, 1.54) is 0 Å². The number of hydrogen-bond donors (Lipinski definition) is 3. The molecule has 1 aromatic carbocycles. The number of carbonyl (C=O) groups excluding carboxylic acids is 1. The number of rotatable bonds is 8. The summed E-state index contributed by atoms with van der Waals surface area (Å²) in [6.45, 7) is 2.91. The molecular weight excluding hydrogens is 224 g/mol. The lowest BCUT2D eigenvalue weighted by Crippen LogP contribution is -2.27. The van der Waals surface area contributed by atoms with Crippen molar-refractivity contribution in [2.24, 2.45) is 0 Å².